The van der Waals surface area contributed by atoms with Crippen LogP contribution < -0.4 is 4.90 Å². The number of likely N-dealkylation sites (tertiary alicyclic amines) is 1. The number of hydrogen-bond donors (Lipinski definition) is 0. The summed E-state index contributed by atoms with van der Waals surface area (Å²) in [5, 5.41) is 0. The second kappa shape index (κ2) is 8.03. The van der Waals surface area contributed by atoms with Crippen LogP contribution in [-0.4, -0.2) is 51.9 Å². The predicted molar refractivity (Wildman–Crippen MR) is 106 cm³/mol. The molecule has 2 saturated heterocycles. The number of piperidine rings is 1. The van der Waals surface area contributed by atoms with E-state index < -0.39 is 0 Å². The highest BCUT2D eigenvalue weighted by atomic mass is 16.2. The number of nitrogens with zero attached hydrogens (tertiary/aromatic N) is 5. The zero-order chi connectivity index (χ0) is 18.6. The molecule has 1 unspecified atom stereocenters. The zero-order valence-electron chi connectivity index (χ0n) is 16.0. The molecule has 1 atom stereocenters. The summed E-state index contributed by atoms with van der Waals surface area (Å²) in [6.07, 6.45) is 10.6. The smallest absolute Gasteiger partial charge is 0.225 e. The Kier molecular flexibility index (Phi) is 5.32. The van der Waals surface area contributed by atoms with Gasteiger partial charge in [0.15, 0.2) is 0 Å². The van der Waals surface area contributed by atoms with Gasteiger partial charge < -0.3 is 9.80 Å². The molecule has 4 heterocycles. The topological polar surface area (TPSA) is 62.2 Å². The number of amides is 1. The maximum atomic E-state index is 12.2. The molecular weight excluding hydrogens is 338 g/mol. The van der Waals surface area contributed by atoms with Gasteiger partial charge in [0.25, 0.3) is 0 Å². The van der Waals surface area contributed by atoms with Gasteiger partial charge in [-0.3, -0.25) is 9.78 Å². The molecule has 2 aromatic rings. The fourth-order valence-corrected chi connectivity index (χ4v) is 4.16. The lowest BCUT2D eigenvalue weighted by atomic mass is 9.90. The first kappa shape index (κ1) is 17.9. The molecule has 0 N–H and O–H groups in total. The predicted octanol–water partition coefficient (Wildman–Crippen LogP) is 3.25. The fourth-order valence-electron chi connectivity index (χ4n) is 4.16. The van der Waals surface area contributed by atoms with E-state index in [0.29, 0.717) is 6.42 Å². The molecule has 0 bridgehead atoms. The molecule has 27 heavy (non-hydrogen) atoms. The number of pyridine rings is 1. The van der Waals surface area contributed by atoms with E-state index in [4.69, 9.17) is 4.98 Å². The van der Waals surface area contributed by atoms with E-state index in [2.05, 4.69) is 20.9 Å². The molecule has 6 heteroatoms. The minimum Gasteiger partial charge on any atom is -0.342 e. The van der Waals surface area contributed by atoms with Gasteiger partial charge in [-0.05, 0) is 31.7 Å². The van der Waals surface area contributed by atoms with Crippen molar-refractivity contribution in [3.63, 3.8) is 0 Å². The monoisotopic (exact) mass is 365 g/mol. The Morgan fingerprint density at radius 1 is 1.19 bits per heavy atom. The van der Waals surface area contributed by atoms with Gasteiger partial charge in [0, 0.05) is 68.2 Å². The SMILES string of the molecule is CCC(=O)N1CCCC(c2nc(N3CCCC3)ncc2-c2cccnc2)C1. The molecular formula is C21H27N5O. The van der Waals surface area contributed by atoms with Crippen molar-refractivity contribution in [2.24, 2.45) is 0 Å². The van der Waals surface area contributed by atoms with Gasteiger partial charge in [-0.2, -0.15) is 0 Å². The Labute approximate surface area is 160 Å². The van der Waals surface area contributed by atoms with Crippen molar-refractivity contribution in [2.75, 3.05) is 31.1 Å². The maximum absolute atomic E-state index is 12.2. The quantitative estimate of drug-likeness (QED) is 0.832. The lowest BCUT2D eigenvalue weighted by Crippen LogP contribution is -2.39. The molecule has 0 aromatic carbocycles. The van der Waals surface area contributed by atoms with Crippen LogP contribution in [0.1, 0.15) is 50.6 Å². The Bertz CT molecular complexity index is 788. The van der Waals surface area contributed by atoms with Crippen LogP contribution in [0.3, 0.4) is 0 Å². The van der Waals surface area contributed by atoms with Crippen LogP contribution in [-0.2, 0) is 4.79 Å². The van der Waals surface area contributed by atoms with Crippen molar-refractivity contribution < 1.29 is 4.79 Å². The third kappa shape index (κ3) is 3.80. The highest BCUT2D eigenvalue weighted by Gasteiger charge is 2.28. The van der Waals surface area contributed by atoms with Crippen LogP contribution in [0.15, 0.2) is 30.7 Å². The van der Waals surface area contributed by atoms with Crippen LogP contribution in [0.2, 0.25) is 0 Å². The summed E-state index contributed by atoms with van der Waals surface area (Å²) in [4.78, 5) is 30.5. The van der Waals surface area contributed by atoms with Gasteiger partial charge in [-0.25, -0.2) is 9.97 Å². The van der Waals surface area contributed by atoms with Crippen molar-refractivity contribution in [3.8, 4) is 11.1 Å². The van der Waals surface area contributed by atoms with Crippen molar-refractivity contribution >= 4 is 11.9 Å². The minimum absolute atomic E-state index is 0.233. The lowest BCUT2D eigenvalue weighted by Gasteiger charge is -2.33. The number of carbonyl (C=O) groups is 1. The zero-order valence-corrected chi connectivity index (χ0v) is 16.0. The average molecular weight is 365 g/mol. The van der Waals surface area contributed by atoms with Crippen molar-refractivity contribution in [1.82, 2.24) is 19.9 Å². The first-order valence-electron chi connectivity index (χ1n) is 10.1. The summed E-state index contributed by atoms with van der Waals surface area (Å²) < 4.78 is 0. The molecule has 0 saturated carbocycles. The van der Waals surface area contributed by atoms with E-state index in [-0.39, 0.29) is 11.8 Å². The standard InChI is InChI=1S/C21H27N5O/c1-2-19(27)26-12-6-8-17(15-26)20-18(16-7-5-9-22-13-16)14-23-21(24-20)25-10-3-4-11-25/h5,7,9,13-14,17H,2-4,6,8,10-12,15H2,1H3. The Morgan fingerprint density at radius 3 is 2.78 bits per heavy atom. The van der Waals surface area contributed by atoms with Gasteiger partial charge in [-0.1, -0.05) is 13.0 Å². The number of rotatable bonds is 4. The third-order valence-electron chi connectivity index (χ3n) is 5.63. The van der Waals surface area contributed by atoms with Gasteiger partial charge in [0.05, 0.1) is 5.69 Å². The van der Waals surface area contributed by atoms with Crippen LogP contribution in [0, 0.1) is 0 Å². The molecule has 0 radical (unpaired) electrons. The average Bonchev–Trinajstić information content (AvgIpc) is 3.28. The van der Waals surface area contributed by atoms with Gasteiger partial charge >= 0.3 is 0 Å². The number of aromatic nitrogens is 3. The molecule has 2 aliphatic heterocycles. The summed E-state index contributed by atoms with van der Waals surface area (Å²) in [6.45, 7) is 5.59. The largest absolute Gasteiger partial charge is 0.342 e. The van der Waals surface area contributed by atoms with E-state index in [0.717, 1.165) is 61.8 Å². The minimum atomic E-state index is 0.233. The fraction of sp³-hybridized carbons (Fsp3) is 0.524. The van der Waals surface area contributed by atoms with E-state index in [1.54, 1.807) is 6.20 Å². The molecule has 2 aromatic heterocycles. The molecule has 2 aliphatic rings. The molecule has 1 amide bonds. The molecule has 0 aliphatic carbocycles. The Morgan fingerprint density at radius 2 is 2.04 bits per heavy atom. The molecule has 0 spiro atoms. The van der Waals surface area contributed by atoms with Gasteiger partial charge in [-0.15, -0.1) is 0 Å². The first-order chi connectivity index (χ1) is 13.3. The number of hydrogen-bond acceptors (Lipinski definition) is 5. The second-order valence-electron chi connectivity index (χ2n) is 7.44. The van der Waals surface area contributed by atoms with Crippen molar-refractivity contribution in [2.45, 2.75) is 44.9 Å². The van der Waals surface area contributed by atoms with E-state index in [9.17, 15) is 4.79 Å². The van der Waals surface area contributed by atoms with Crippen LogP contribution in [0.5, 0.6) is 0 Å². The van der Waals surface area contributed by atoms with E-state index in [1.807, 2.05) is 30.3 Å². The molecule has 6 nitrogen and oxygen atoms in total. The summed E-state index contributed by atoms with van der Waals surface area (Å²) in [5.41, 5.74) is 3.15. The first-order valence-corrected chi connectivity index (χ1v) is 10.1. The number of anilines is 1. The third-order valence-corrected chi connectivity index (χ3v) is 5.63. The normalized spacial score (nSPS) is 20.1. The highest BCUT2D eigenvalue weighted by molar-refractivity contribution is 5.76. The molecule has 142 valence electrons. The van der Waals surface area contributed by atoms with Crippen molar-refractivity contribution in [1.29, 1.82) is 0 Å². The Hall–Kier alpha value is -2.50. The highest BCUT2D eigenvalue weighted by Crippen LogP contribution is 2.34. The van der Waals surface area contributed by atoms with Crippen LogP contribution in [0.4, 0.5) is 5.95 Å². The van der Waals surface area contributed by atoms with E-state index in [1.165, 1.54) is 12.8 Å². The van der Waals surface area contributed by atoms with Crippen molar-refractivity contribution in [3.05, 3.63) is 36.4 Å². The lowest BCUT2D eigenvalue weighted by molar-refractivity contribution is -0.132. The summed E-state index contributed by atoms with van der Waals surface area (Å²) >= 11 is 0. The van der Waals surface area contributed by atoms with Crippen LogP contribution in [0.25, 0.3) is 11.1 Å². The van der Waals surface area contributed by atoms with Crippen LogP contribution >= 0.6 is 0 Å². The summed E-state index contributed by atoms with van der Waals surface area (Å²) in [6, 6.07) is 4.00. The van der Waals surface area contributed by atoms with Gasteiger partial charge in [0.1, 0.15) is 0 Å². The molecule has 2 fully saturated rings. The second-order valence-corrected chi connectivity index (χ2v) is 7.44. The Balaban J connectivity index is 1.71. The maximum Gasteiger partial charge on any atom is 0.225 e. The molecule has 4 rings (SSSR count). The van der Waals surface area contributed by atoms with E-state index >= 15 is 0 Å². The van der Waals surface area contributed by atoms with Gasteiger partial charge in [0.2, 0.25) is 11.9 Å². The summed E-state index contributed by atoms with van der Waals surface area (Å²) in [5.74, 6) is 1.30. The number of carbonyl (C=O) groups excluding carboxylic acids is 1. The summed E-state index contributed by atoms with van der Waals surface area (Å²) in [7, 11) is 0.